The summed E-state index contributed by atoms with van der Waals surface area (Å²) < 4.78 is 58.0. The molecule has 0 unspecified atom stereocenters. The van der Waals surface area contributed by atoms with Crippen LogP contribution in [0.2, 0.25) is 0 Å². The second-order valence-corrected chi connectivity index (χ2v) is 10.2. The number of hydrogen-bond acceptors (Lipinski definition) is 6. The summed E-state index contributed by atoms with van der Waals surface area (Å²) >= 11 is 0. The van der Waals surface area contributed by atoms with Crippen LogP contribution in [0.15, 0.2) is 81.1 Å². The Kier molecular flexibility index (Phi) is 5.97. The summed E-state index contributed by atoms with van der Waals surface area (Å²) in [6, 6.07) is 14.1. The summed E-state index contributed by atoms with van der Waals surface area (Å²) in [6.07, 6.45) is 1.37. The normalized spacial score (nSPS) is 12.0. The molecule has 0 saturated heterocycles. The van der Waals surface area contributed by atoms with Crippen molar-refractivity contribution in [1.29, 1.82) is 0 Å². The molecule has 11 heteroatoms. The molecule has 30 heavy (non-hydrogen) atoms. The first kappa shape index (κ1) is 21.6. The Morgan fingerprint density at radius 2 is 1.50 bits per heavy atom. The van der Waals surface area contributed by atoms with Gasteiger partial charge in [0, 0.05) is 19.8 Å². The van der Waals surface area contributed by atoms with Crippen LogP contribution in [-0.2, 0) is 20.0 Å². The van der Waals surface area contributed by atoms with Gasteiger partial charge in [0.2, 0.25) is 10.0 Å². The predicted octanol–water partition coefficient (Wildman–Crippen LogP) is 2.58. The zero-order valence-corrected chi connectivity index (χ0v) is 17.7. The van der Waals surface area contributed by atoms with E-state index in [0.717, 1.165) is 4.31 Å². The number of furan rings is 1. The lowest BCUT2D eigenvalue weighted by Crippen LogP contribution is -2.22. The minimum atomic E-state index is -3.97. The summed E-state index contributed by atoms with van der Waals surface area (Å²) in [5.74, 6) is -0.355. The van der Waals surface area contributed by atoms with E-state index < -0.39 is 26.0 Å². The molecular weight excluding hydrogens is 430 g/mol. The molecule has 0 saturated carbocycles. The molecule has 0 aliphatic carbocycles. The van der Waals surface area contributed by atoms with E-state index in [1.165, 1.54) is 62.8 Å². The van der Waals surface area contributed by atoms with Crippen molar-refractivity contribution in [3.8, 4) is 0 Å². The van der Waals surface area contributed by atoms with Gasteiger partial charge in [-0.05, 0) is 54.6 Å². The minimum Gasteiger partial charge on any atom is -0.459 e. The molecule has 2 N–H and O–H groups in total. The molecule has 3 aromatic rings. The summed E-state index contributed by atoms with van der Waals surface area (Å²) in [5.41, 5.74) is 0.584. The maximum atomic E-state index is 12.6. The third-order valence-corrected chi connectivity index (χ3v) is 7.26. The van der Waals surface area contributed by atoms with Crippen LogP contribution in [0.3, 0.4) is 0 Å². The molecule has 2 aromatic carbocycles. The summed E-state index contributed by atoms with van der Waals surface area (Å²) in [7, 11) is -4.86. The lowest BCUT2D eigenvalue weighted by molar-refractivity contribution is 0.0996. The lowest BCUT2D eigenvalue weighted by Gasteiger charge is -2.13. The van der Waals surface area contributed by atoms with Gasteiger partial charge in [-0.3, -0.25) is 9.52 Å². The van der Waals surface area contributed by atoms with Gasteiger partial charge in [0.05, 0.1) is 21.7 Å². The molecule has 158 valence electrons. The molecule has 0 spiro atoms. The van der Waals surface area contributed by atoms with E-state index >= 15 is 0 Å². The first-order valence-corrected chi connectivity index (χ1v) is 11.5. The highest BCUT2D eigenvalue weighted by Gasteiger charge is 2.20. The van der Waals surface area contributed by atoms with Gasteiger partial charge in [0.15, 0.2) is 5.76 Å². The van der Waals surface area contributed by atoms with Gasteiger partial charge in [-0.25, -0.2) is 21.1 Å². The smallest absolute Gasteiger partial charge is 0.291 e. The number of benzene rings is 2. The van der Waals surface area contributed by atoms with Crippen molar-refractivity contribution >= 4 is 37.3 Å². The average molecular weight is 450 g/mol. The van der Waals surface area contributed by atoms with Gasteiger partial charge in [-0.15, -0.1) is 0 Å². The van der Waals surface area contributed by atoms with Gasteiger partial charge < -0.3 is 9.73 Å². The van der Waals surface area contributed by atoms with Crippen molar-refractivity contribution in [2.45, 2.75) is 9.79 Å². The molecule has 0 atom stereocenters. The second-order valence-electron chi connectivity index (χ2n) is 6.38. The standard InChI is InChI=1S/C19H19N3O6S2/c1-22(2)30(26,27)17-10-8-16(9-11-17)29(24,25)21-15-6-3-5-14(13-15)20-19(23)18-7-4-12-28-18/h3-13,21H,1-2H3,(H,20,23). The molecule has 0 fully saturated rings. The lowest BCUT2D eigenvalue weighted by atomic mass is 10.3. The van der Waals surface area contributed by atoms with E-state index in [4.69, 9.17) is 4.42 Å². The van der Waals surface area contributed by atoms with Crippen LogP contribution < -0.4 is 10.0 Å². The maximum absolute atomic E-state index is 12.6. The molecule has 1 aromatic heterocycles. The summed E-state index contributed by atoms with van der Waals surface area (Å²) in [6.45, 7) is 0. The van der Waals surface area contributed by atoms with E-state index in [2.05, 4.69) is 10.0 Å². The van der Waals surface area contributed by atoms with Crippen LogP contribution in [0.5, 0.6) is 0 Å². The number of rotatable bonds is 7. The van der Waals surface area contributed by atoms with Crippen LogP contribution in [0, 0.1) is 0 Å². The highest BCUT2D eigenvalue weighted by molar-refractivity contribution is 7.92. The Morgan fingerprint density at radius 3 is 2.10 bits per heavy atom. The Bertz CT molecular complexity index is 1250. The molecular formula is C19H19N3O6S2. The number of carbonyl (C=O) groups excluding carboxylic acids is 1. The van der Waals surface area contributed by atoms with E-state index in [1.54, 1.807) is 18.2 Å². The SMILES string of the molecule is CN(C)S(=O)(=O)c1ccc(S(=O)(=O)Nc2cccc(NC(=O)c3ccco3)c2)cc1. The number of nitrogens with one attached hydrogen (secondary N) is 2. The molecule has 9 nitrogen and oxygen atoms in total. The number of anilines is 2. The Labute approximate surface area is 174 Å². The fourth-order valence-electron chi connectivity index (χ4n) is 2.48. The highest BCUT2D eigenvalue weighted by Crippen LogP contribution is 2.22. The zero-order chi connectivity index (χ0) is 21.9. The first-order chi connectivity index (χ1) is 14.1. The number of nitrogens with zero attached hydrogens (tertiary/aromatic N) is 1. The Hall–Kier alpha value is -3.15. The van der Waals surface area contributed by atoms with Crippen molar-refractivity contribution in [2.24, 2.45) is 0 Å². The van der Waals surface area contributed by atoms with E-state index in [-0.39, 0.29) is 21.2 Å². The van der Waals surface area contributed by atoms with Crippen molar-refractivity contribution in [3.05, 3.63) is 72.7 Å². The fraction of sp³-hybridized carbons (Fsp3) is 0.105. The Morgan fingerprint density at radius 1 is 0.867 bits per heavy atom. The van der Waals surface area contributed by atoms with E-state index in [0.29, 0.717) is 5.69 Å². The number of hydrogen-bond donors (Lipinski definition) is 2. The van der Waals surface area contributed by atoms with Crippen LogP contribution in [-0.4, -0.2) is 41.1 Å². The quantitative estimate of drug-likeness (QED) is 0.571. The molecule has 3 rings (SSSR count). The number of sulfonamides is 2. The van der Waals surface area contributed by atoms with Crippen molar-refractivity contribution in [2.75, 3.05) is 24.1 Å². The second kappa shape index (κ2) is 8.30. The van der Waals surface area contributed by atoms with Crippen molar-refractivity contribution in [3.63, 3.8) is 0 Å². The first-order valence-electron chi connectivity index (χ1n) is 8.60. The predicted molar refractivity (Wildman–Crippen MR) is 111 cm³/mol. The van der Waals surface area contributed by atoms with Gasteiger partial charge in [0.25, 0.3) is 15.9 Å². The fourth-order valence-corrected chi connectivity index (χ4v) is 4.43. The zero-order valence-electron chi connectivity index (χ0n) is 16.1. The molecule has 1 heterocycles. The summed E-state index contributed by atoms with van der Waals surface area (Å²) in [5, 5.41) is 2.61. The van der Waals surface area contributed by atoms with E-state index in [9.17, 15) is 21.6 Å². The third-order valence-electron chi connectivity index (χ3n) is 4.03. The number of amides is 1. The van der Waals surface area contributed by atoms with Crippen LogP contribution in [0.1, 0.15) is 10.6 Å². The molecule has 0 aliphatic rings. The Balaban J connectivity index is 1.78. The van der Waals surface area contributed by atoms with Gasteiger partial charge >= 0.3 is 0 Å². The van der Waals surface area contributed by atoms with Crippen LogP contribution in [0.25, 0.3) is 0 Å². The molecule has 0 bridgehead atoms. The average Bonchev–Trinajstić information content (AvgIpc) is 3.23. The topological polar surface area (TPSA) is 126 Å². The largest absolute Gasteiger partial charge is 0.459 e. The van der Waals surface area contributed by atoms with Gasteiger partial charge in [-0.2, -0.15) is 0 Å². The molecule has 0 radical (unpaired) electrons. The molecule has 1 amide bonds. The van der Waals surface area contributed by atoms with Crippen molar-refractivity contribution in [1.82, 2.24) is 4.31 Å². The van der Waals surface area contributed by atoms with Gasteiger partial charge in [-0.1, -0.05) is 6.07 Å². The van der Waals surface area contributed by atoms with Gasteiger partial charge in [0.1, 0.15) is 0 Å². The van der Waals surface area contributed by atoms with Crippen LogP contribution in [0.4, 0.5) is 11.4 Å². The monoisotopic (exact) mass is 449 g/mol. The minimum absolute atomic E-state index is 0.0194. The molecule has 0 aliphatic heterocycles. The van der Waals surface area contributed by atoms with Crippen LogP contribution >= 0.6 is 0 Å². The van der Waals surface area contributed by atoms with E-state index in [1.807, 2.05) is 0 Å². The summed E-state index contributed by atoms with van der Waals surface area (Å²) in [4.78, 5) is 11.9. The third kappa shape index (κ3) is 4.70. The maximum Gasteiger partial charge on any atom is 0.291 e. The highest BCUT2D eigenvalue weighted by atomic mass is 32.2. The van der Waals surface area contributed by atoms with Crippen molar-refractivity contribution < 1.29 is 26.0 Å². The number of carbonyl (C=O) groups is 1.